The van der Waals surface area contributed by atoms with Crippen molar-refractivity contribution in [1.29, 1.82) is 0 Å². The Balaban J connectivity index is 4.72. The van der Waals surface area contributed by atoms with Crippen LogP contribution in [0.2, 0.25) is 0 Å². The van der Waals surface area contributed by atoms with Crippen molar-refractivity contribution in [3.63, 3.8) is 0 Å². The van der Waals surface area contributed by atoms with E-state index in [4.69, 9.17) is 0 Å². The molecule has 0 aromatic carbocycles. The SMILES string of the molecule is C=CN(C)C=C/C(=C\C=NC)C(=O)OC. The predicted molar refractivity (Wildman–Crippen MR) is 61.6 cm³/mol. The highest BCUT2D eigenvalue weighted by Crippen LogP contribution is 2.00. The van der Waals surface area contributed by atoms with Gasteiger partial charge in [0.1, 0.15) is 0 Å². The van der Waals surface area contributed by atoms with E-state index in [2.05, 4.69) is 16.3 Å². The molecule has 0 saturated heterocycles. The number of methoxy groups -OCH3 is 1. The number of rotatable bonds is 5. The lowest BCUT2D eigenvalue weighted by molar-refractivity contribution is -0.135. The normalized spacial score (nSPS) is 12.1. The molecule has 0 unspecified atom stereocenters. The van der Waals surface area contributed by atoms with Crippen molar-refractivity contribution in [2.24, 2.45) is 4.99 Å². The second kappa shape index (κ2) is 7.55. The van der Waals surface area contributed by atoms with Crippen LogP contribution in [-0.2, 0) is 9.53 Å². The Kier molecular flexibility index (Phi) is 6.63. The zero-order valence-corrected chi connectivity index (χ0v) is 9.30. The van der Waals surface area contributed by atoms with Crippen LogP contribution in [0.3, 0.4) is 0 Å². The number of nitrogens with zero attached hydrogens (tertiary/aromatic N) is 2. The summed E-state index contributed by atoms with van der Waals surface area (Å²) >= 11 is 0. The third kappa shape index (κ3) is 5.46. The molecule has 0 amide bonds. The average molecular weight is 208 g/mol. The molecule has 0 atom stereocenters. The van der Waals surface area contributed by atoms with Gasteiger partial charge in [-0.3, -0.25) is 4.99 Å². The Morgan fingerprint density at radius 2 is 2.20 bits per heavy atom. The maximum Gasteiger partial charge on any atom is 0.337 e. The van der Waals surface area contributed by atoms with E-state index in [-0.39, 0.29) is 0 Å². The van der Waals surface area contributed by atoms with Gasteiger partial charge < -0.3 is 9.64 Å². The third-order valence-corrected chi connectivity index (χ3v) is 1.60. The molecule has 0 aliphatic carbocycles. The minimum Gasteiger partial charge on any atom is -0.465 e. The second-order valence-corrected chi connectivity index (χ2v) is 2.68. The van der Waals surface area contributed by atoms with Crippen molar-refractivity contribution in [3.05, 3.63) is 36.7 Å². The summed E-state index contributed by atoms with van der Waals surface area (Å²) in [6.45, 7) is 3.58. The summed E-state index contributed by atoms with van der Waals surface area (Å²) in [6, 6.07) is 0. The molecule has 0 aliphatic rings. The maximum atomic E-state index is 11.3. The molecule has 4 nitrogen and oxygen atoms in total. The van der Waals surface area contributed by atoms with Crippen LogP contribution in [0.15, 0.2) is 41.7 Å². The lowest BCUT2D eigenvalue weighted by Crippen LogP contribution is -2.05. The van der Waals surface area contributed by atoms with Crippen molar-refractivity contribution in [3.8, 4) is 0 Å². The number of allylic oxidation sites excluding steroid dienone is 1. The minimum absolute atomic E-state index is 0.399. The summed E-state index contributed by atoms with van der Waals surface area (Å²) in [4.78, 5) is 16.8. The molecule has 0 N–H and O–H groups in total. The first-order valence-electron chi connectivity index (χ1n) is 4.39. The van der Waals surface area contributed by atoms with Crippen LogP contribution in [0.4, 0.5) is 0 Å². The minimum atomic E-state index is -0.399. The van der Waals surface area contributed by atoms with Gasteiger partial charge in [0.05, 0.1) is 12.7 Å². The standard InChI is InChI=1S/C11H16N2O2/c1-5-13(3)9-7-10(6-8-12-2)11(14)15-4/h5-9H,1H2,2-4H3/b9-7?,10-6+,12-8?. The fraction of sp³-hybridized carbons (Fsp3) is 0.273. The van der Waals surface area contributed by atoms with E-state index >= 15 is 0 Å². The van der Waals surface area contributed by atoms with E-state index in [1.165, 1.54) is 13.3 Å². The molecule has 0 radical (unpaired) electrons. The molecule has 0 spiro atoms. The van der Waals surface area contributed by atoms with Gasteiger partial charge in [-0.2, -0.15) is 0 Å². The summed E-state index contributed by atoms with van der Waals surface area (Å²) < 4.78 is 4.61. The van der Waals surface area contributed by atoms with Gasteiger partial charge in [-0.15, -0.1) is 0 Å². The van der Waals surface area contributed by atoms with E-state index in [0.29, 0.717) is 5.57 Å². The average Bonchev–Trinajstić information content (AvgIpc) is 2.27. The molecule has 0 aliphatic heterocycles. The van der Waals surface area contributed by atoms with Crippen molar-refractivity contribution < 1.29 is 9.53 Å². The highest BCUT2D eigenvalue weighted by Gasteiger charge is 2.04. The van der Waals surface area contributed by atoms with Gasteiger partial charge in [0.15, 0.2) is 0 Å². The van der Waals surface area contributed by atoms with Crippen LogP contribution in [-0.4, -0.2) is 38.3 Å². The number of hydrogen-bond acceptors (Lipinski definition) is 4. The van der Waals surface area contributed by atoms with E-state index in [1.807, 2.05) is 7.05 Å². The number of carbonyl (C=O) groups excluding carboxylic acids is 1. The van der Waals surface area contributed by atoms with Crippen molar-refractivity contribution in [1.82, 2.24) is 4.90 Å². The Morgan fingerprint density at radius 1 is 1.53 bits per heavy atom. The van der Waals surface area contributed by atoms with E-state index in [1.54, 1.807) is 36.5 Å². The van der Waals surface area contributed by atoms with Crippen LogP contribution in [0.1, 0.15) is 0 Å². The van der Waals surface area contributed by atoms with Gasteiger partial charge in [0.2, 0.25) is 0 Å². The molecule has 0 aromatic rings. The smallest absolute Gasteiger partial charge is 0.337 e. The second-order valence-electron chi connectivity index (χ2n) is 2.68. The van der Waals surface area contributed by atoms with E-state index in [0.717, 1.165) is 0 Å². The first-order chi connectivity index (χ1) is 7.15. The number of ether oxygens (including phenoxy) is 1. The number of hydrogen-bond donors (Lipinski definition) is 0. The summed E-state index contributed by atoms with van der Waals surface area (Å²) in [5.74, 6) is -0.399. The lowest BCUT2D eigenvalue weighted by atomic mass is 10.2. The Bertz CT molecular complexity index is 304. The van der Waals surface area contributed by atoms with Crippen molar-refractivity contribution in [2.75, 3.05) is 21.2 Å². The predicted octanol–water partition coefficient (Wildman–Crippen LogP) is 1.38. The molecule has 4 heteroatoms. The van der Waals surface area contributed by atoms with E-state index < -0.39 is 5.97 Å². The zero-order valence-electron chi connectivity index (χ0n) is 9.30. The molecule has 15 heavy (non-hydrogen) atoms. The monoisotopic (exact) mass is 208 g/mol. The van der Waals surface area contributed by atoms with E-state index in [9.17, 15) is 4.79 Å². The maximum absolute atomic E-state index is 11.3. The molecule has 0 saturated carbocycles. The van der Waals surface area contributed by atoms with Crippen LogP contribution < -0.4 is 0 Å². The van der Waals surface area contributed by atoms with Gasteiger partial charge in [-0.25, -0.2) is 4.79 Å². The number of carbonyl (C=O) groups is 1. The Morgan fingerprint density at radius 3 is 2.67 bits per heavy atom. The summed E-state index contributed by atoms with van der Waals surface area (Å²) in [5, 5.41) is 0. The molecule has 0 aromatic heterocycles. The van der Waals surface area contributed by atoms with Gasteiger partial charge in [-0.05, 0) is 18.4 Å². The summed E-state index contributed by atoms with van der Waals surface area (Å²) in [6.07, 6.45) is 8.08. The number of aliphatic imine (C=N–C) groups is 1. The highest BCUT2D eigenvalue weighted by molar-refractivity contribution is 5.96. The topological polar surface area (TPSA) is 41.9 Å². The largest absolute Gasteiger partial charge is 0.465 e. The first kappa shape index (κ1) is 13.2. The Labute approximate surface area is 90.3 Å². The number of esters is 1. The molecule has 0 heterocycles. The summed E-state index contributed by atoms with van der Waals surface area (Å²) in [5.41, 5.74) is 0.428. The van der Waals surface area contributed by atoms with Crippen LogP contribution in [0.5, 0.6) is 0 Å². The fourth-order valence-corrected chi connectivity index (χ4v) is 0.723. The van der Waals surface area contributed by atoms with Gasteiger partial charge in [0, 0.05) is 26.5 Å². The van der Waals surface area contributed by atoms with Crippen LogP contribution >= 0.6 is 0 Å². The molecule has 0 fully saturated rings. The lowest BCUT2D eigenvalue weighted by Gasteiger charge is -2.05. The zero-order chi connectivity index (χ0) is 11.7. The van der Waals surface area contributed by atoms with Gasteiger partial charge in [-0.1, -0.05) is 6.58 Å². The van der Waals surface area contributed by atoms with Crippen molar-refractivity contribution >= 4 is 12.2 Å². The van der Waals surface area contributed by atoms with Gasteiger partial charge in [0.25, 0.3) is 0 Å². The Hall–Kier alpha value is -1.84. The fourth-order valence-electron chi connectivity index (χ4n) is 0.723. The van der Waals surface area contributed by atoms with Gasteiger partial charge >= 0.3 is 5.97 Å². The van der Waals surface area contributed by atoms with Crippen LogP contribution in [0.25, 0.3) is 0 Å². The molecule has 0 bridgehead atoms. The molecule has 0 rings (SSSR count). The summed E-state index contributed by atoms with van der Waals surface area (Å²) in [7, 11) is 4.78. The third-order valence-electron chi connectivity index (χ3n) is 1.60. The molecular formula is C11H16N2O2. The molecule has 82 valence electrons. The molecular weight excluding hydrogens is 192 g/mol. The van der Waals surface area contributed by atoms with Crippen LogP contribution in [0, 0.1) is 0 Å². The first-order valence-corrected chi connectivity index (χ1v) is 4.39. The van der Waals surface area contributed by atoms with Crippen molar-refractivity contribution in [2.45, 2.75) is 0 Å². The highest BCUT2D eigenvalue weighted by atomic mass is 16.5. The quantitative estimate of drug-likeness (QED) is 0.296.